The van der Waals surface area contributed by atoms with E-state index in [0.29, 0.717) is 5.70 Å². The zero-order chi connectivity index (χ0) is 9.07. The standard InChI is InChI=1S/C7H14N2O2/c1-5(8-4)7(2,3)6(10)9-11/h8,11H,1H2,2-4H3,(H,9,10). The summed E-state index contributed by atoms with van der Waals surface area (Å²) < 4.78 is 0. The van der Waals surface area contributed by atoms with Crippen molar-refractivity contribution in [1.82, 2.24) is 10.8 Å². The quantitative estimate of drug-likeness (QED) is 0.407. The van der Waals surface area contributed by atoms with Crippen molar-refractivity contribution in [1.29, 1.82) is 0 Å². The molecule has 64 valence electrons. The third kappa shape index (κ3) is 1.94. The second-order valence-electron chi connectivity index (χ2n) is 2.79. The first-order valence-corrected chi connectivity index (χ1v) is 3.28. The van der Waals surface area contributed by atoms with E-state index in [1.165, 1.54) is 0 Å². The van der Waals surface area contributed by atoms with Gasteiger partial charge in [-0.25, -0.2) is 5.48 Å². The van der Waals surface area contributed by atoms with Crippen LogP contribution in [0.5, 0.6) is 0 Å². The molecule has 0 aromatic carbocycles. The lowest BCUT2D eigenvalue weighted by molar-refractivity contribution is -0.136. The number of nitrogens with one attached hydrogen (secondary N) is 2. The normalized spacial score (nSPS) is 10.5. The lowest BCUT2D eigenvalue weighted by Gasteiger charge is -2.23. The summed E-state index contributed by atoms with van der Waals surface area (Å²) in [6, 6.07) is 0. The van der Waals surface area contributed by atoms with Gasteiger partial charge in [0.2, 0.25) is 0 Å². The van der Waals surface area contributed by atoms with Crippen LogP contribution in [0, 0.1) is 5.41 Å². The van der Waals surface area contributed by atoms with E-state index in [1.54, 1.807) is 26.4 Å². The molecule has 0 rings (SSSR count). The number of hydrogen-bond donors (Lipinski definition) is 3. The molecule has 4 nitrogen and oxygen atoms in total. The molecule has 0 bridgehead atoms. The minimum Gasteiger partial charge on any atom is -0.391 e. The van der Waals surface area contributed by atoms with Gasteiger partial charge in [-0.15, -0.1) is 0 Å². The zero-order valence-corrected chi connectivity index (χ0v) is 7.06. The minimum absolute atomic E-state index is 0.475. The summed E-state index contributed by atoms with van der Waals surface area (Å²) in [6.45, 7) is 6.96. The largest absolute Gasteiger partial charge is 0.391 e. The SMILES string of the molecule is C=C(NC)C(C)(C)C(=O)NO. The molecule has 0 fully saturated rings. The highest BCUT2D eigenvalue weighted by molar-refractivity contribution is 5.83. The number of rotatable bonds is 3. The van der Waals surface area contributed by atoms with Crippen molar-refractivity contribution >= 4 is 5.91 Å². The molecule has 4 heteroatoms. The predicted octanol–water partition coefficient (Wildman–Crippen LogP) is 0.251. The Labute approximate surface area is 66.2 Å². The van der Waals surface area contributed by atoms with Crippen LogP contribution in [0.15, 0.2) is 12.3 Å². The smallest absolute Gasteiger partial charge is 0.254 e. The lowest BCUT2D eigenvalue weighted by Crippen LogP contribution is -2.39. The number of hydrogen-bond acceptors (Lipinski definition) is 3. The lowest BCUT2D eigenvalue weighted by atomic mass is 9.89. The van der Waals surface area contributed by atoms with E-state index in [2.05, 4.69) is 11.9 Å². The van der Waals surface area contributed by atoms with E-state index in [1.807, 2.05) is 0 Å². The van der Waals surface area contributed by atoms with Crippen LogP contribution in [-0.4, -0.2) is 18.2 Å². The Morgan fingerprint density at radius 3 is 2.27 bits per heavy atom. The second-order valence-corrected chi connectivity index (χ2v) is 2.79. The fourth-order valence-electron chi connectivity index (χ4n) is 0.589. The summed E-state index contributed by atoms with van der Waals surface area (Å²) in [4.78, 5) is 11.0. The van der Waals surface area contributed by atoms with Crippen LogP contribution in [0.2, 0.25) is 0 Å². The Balaban J connectivity index is 4.44. The van der Waals surface area contributed by atoms with Gasteiger partial charge in [0.05, 0.1) is 5.41 Å². The van der Waals surface area contributed by atoms with Crippen LogP contribution >= 0.6 is 0 Å². The van der Waals surface area contributed by atoms with E-state index in [9.17, 15) is 4.79 Å². The van der Waals surface area contributed by atoms with Crippen molar-refractivity contribution in [3.8, 4) is 0 Å². The van der Waals surface area contributed by atoms with Crippen molar-refractivity contribution in [2.75, 3.05) is 7.05 Å². The first-order valence-electron chi connectivity index (χ1n) is 3.28. The van der Waals surface area contributed by atoms with Gasteiger partial charge in [-0.2, -0.15) is 0 Å². The Bertz CT molecular complexity index is 157. The van der Waals surface area contributed by atoms with E-state index in [4.69, 9.17) is 5.21 Å². The van der Waals surface area contributed by atoms with E-state index in [-0.39, 0.29) is 0 Å². The second kappa shape index (κ2) is 3.39. The highest BCUT2D eigenvalue weighted by Crippen LogP contribution is 2.21. The van der Waals surface area contributed by atoms with Gasteiger partial charge in [-0.1, -0.05) is 6.58 Å². The molecule has 0 aliphatic rings. The molecule has 0 saturated carbocycles. The van der Waals surface area contributed by atoms with Crippen molar-refractivity contribution in [3.05, 3.63) is 12.3 Å². The van der Waals surface area contributed by atoms with Crippen LogP contribution in [0.4, 0.5) is 0 Å². The Morgan fingerprint density at radius 1 is 1.55 bits per heavy atom. The molecular formula is C7H14N2O2. The first kappa shape index (κ1) is 9.97. The zero-order valence-electron chi connectivity index (χ0n) is 7.06. The van der Waals surface area contributed by atoms with Crippen molar-refractivity contribution in [2.45, 2.75) is 13.8 Å². The van der Waals surface area contributed by atoms with E-state index >= 15 is 0 Å². The average molecular weight is 158 g/mol. The van der Waals surface area contributed by atoms with Gasteiger partial charge in [0.1, 0.15) is 0 Å². The minimum atomic E-state index is -0.788. The molecule has 1 amide bonds. The molecule has 0 aromatic heterocycles. The van der Waals surface area contributed by atoms with Gasteiger partial charge in [0.15, 0.2) is 0 Å². The van der Waals surface area contributed by atoms with E-state index in [0.717, 1.165) is 0 Å². The van der Waals surface area contributed by atoms with Crippen LogP contribution < -0.4 is 10.8 Å². The Hall–Kier alpha value is -1.03. The Morgan fingerprint density at radius 2 is 2.00 bits per heavy atom. The molecule has 0 radical (unpaired) electrons. The molecule has 11 heavy (non-hydrogen) atoms. The molecule has 3 N–H and O–H groups in total. The molecule has 0 aliphatic heterocycles. The topological polar surface area (TPSA) is 61.4 Å². The summed E-state index contributed by atoms with van der Waals surface area (Å²) >= 11 is 0. The molecule has 0 spiro atoms. The van der Waals surface area contributed by atoms with Gasteiger partial charge in [-0.05, 0) is 13.8 Å². The van der Waals surface area contributed by atoms with Crippen LogP contribution in [0.3, 0.4) is 0 Å². The predicted molar refractivity (Wildman–Crippen MR) is 41.9 cm³/mol. The summed E-state index contributed by atoms with van der Waals surface area (Å²) in [5.74, 6) is -0.475. The summed E-state index contributed by atoms with van der Waals surface area (Å²) in [6.07, 6.45) is 0. The Kier molecular flexibility index (Phi) is 3.07. The molecule has 0 aromatic rings. The average Bonchev–Trinajstić information content (AvgIpc) is 2.01. The number of amides is 1. The number of hydroxylamine groups is 1. The monoisotopic (exact) mass is 158 g/mol. The third-order valence-corrected chi connectivity index (χ3v) is 1.73. The molecule has 0 heterocycles. The first-order chi connectivity index (χ1) is 4.96. The van der Waals surface area contributed by atoms with Crippen molar-refractivity contribution in [2.24, 2.45) is 5.41 Å². The van der Waals surface area contributed by atoms with Crippen LogP contribution in [0.1, 0.15) is 13.8 Å². The van der Waals surface area contributed by atoms with Gasteiger partial charge in [0.25, 0.3) is 5.91 Å². The number of carbonyl (C=O) groups is 1. The summed E-state index contributed by atoms with van der Waals surface area (Å²) in [5, 5.41) is 11.1. The van der Waals surface area contributed by atoms with Gasteiger partial charge < -0.3 is 5.32 Å². The van der Waals surface area contributed by atoms with Gasteiger partial charge >= 0.3 is 0 Å². The highest BCUT2D eigenvalue weighted by atomic mass is 16.5. The van der Waals surface area contributed by atoms with Gasteiger partial charge in [-0.3, -0.25) is 10.0 Å². The summed E-state index contributed by atoms with van der Waals surface area (Å²) in [5.41, 5.74) is 1.35. The third-order valence-electron chi connectivity index (χ3n) is 1.73. The molecule has 0 unspecified atom stereocenters. The van der Waals surface area contributed by atoms with E-state index < -0.39 is 11.3 Å². The molecule has 0 atom stereocenters. The summed E-state index contributed by atoms with van der Waals surface area (Å²) in [7, 11) is 1.68. The highest BCUT2D eigenvalue weighted by Gasteiger charge is 2.29. The van der Waals surface area contributed by atoms with Gasteiger partial charge in [0, 0.05) is 12.7 Å². The van der Waals surface area contributed by atoms with Crippen LogP contribution in [-0.2, 0) is 4.79 Å². The molecular weight excluding hydrogens is 144 g/mol. The fraction of sp³-hybridized carbons (Fsp3) is 0.571. The number of carbonyl (C=O) groups excluding carboxylic acids is 1. The molecule has 0 aliphatic carbocycles. The molecule has 0 saturated heterocycles. The maximum Gasteiger partial charge on any atom is 0.254 e. The maximum absolute atomic E-state index is 11.0. The van der Waals surface area contributed by atoms with Crippen molar-refractivity contribution < 1.29 is 10.0 Å². The van der Waals surface area contributed by atoms with Crippen LogP contribution in [0.25, 0.3) is 0 Å². The maximum atomic E-state index is 11.0. The fourth-order valence-corrected chi connectivity index (χ4v) is 0.589. The van der Waals surface area contributed by atoms with Crippen molar-refractivity contribution in [3.63, 3.8) is 0 Å².